The summed E-state index contributed by atoms with van der Waals surface area (Å²) in [6.07, 6.45) is 3.69. The Hall–Kier alpha value is -0.860. The van der Waals surface area contributed by atoms with Gasteiger partial charge in [-0.25, -0.2) is 0 Å². The fourth-order valence-electron chi connectivity index (χ4n) is 2.28. The van der Waals surface area contributed by atoms with E-state index in [-0.39, 0.29) is 18.6 Å². The van der Waals surface area contributed by atoms with Crippen molar-refractivity contribution in [3.05, 3.63) is 34.9 Å². The van der Waals surface area contributed by atoms with Crippen LogP contribution in [0.15, 0.2) is 18.2 Å². The third-order valence-corrected chi connectivity index (χ3v) is 3.50. The SMILES string of the molecule is CC(c1ccc2c(c1)CCC2)C(N)CO. The van der Waals surface area contributed by atoms with Gasteiger partial charge in [0.1, 0.15) is 0 Å². The lowest BCUT2D eigenvalue weighted by molar-refractivity contribution is 0.252. The number of hydrogen-bond donors (Lipinski definition) is 2. The highest BCUT2D eigenvalue weighted by atomic mass is 16.3. The van der Waals surface area contributed by atoms with Gasteiger partial charge in [0.25, 0.3) is 0 Å². The van der Waals surface area contributed by atoms with Crippen molar-refractivity contribution in [2.24, 2.45) is 5.73 Å². The maximum atomic E-state index is 9.03. The number of fused-ring (bicyclic) bond motifs is 1. The van der Waals surface area contributed by atoms with Gasteiger partial charge in [-0.15, -0.1) is 0 Å². The van der Waals surface area contributed by atoms with Gasteiger partial charge in [0, 0.05) is 6.04 Å². The van der Waals surface area contributed by atoms with Crippen molar-refractivity contribution < 1.29 is 5.11 Å². The molecule has 0 saturated carbocycles. The molecule has 3 N–H and O–H groups in total. The van der Waals surface area contributed by atoms with Gasteiger partial charge in [-0.3, -0.25) is 0 Å². The molecule has 0 fully saturated rings. The number of aliphatic hydroxyl groups is 1. The number of nitrogens with two attached hydrogens (primary N) is 1. The molecule has 15 heavy (non-hydrogen) atoms. The van der Waals surface area contributed by atoms with Crippen LogP contribution in [0.2, 0.25) is 0 Å². The van der Waals surface area contributed by atoms with Crippen molar-refractivity contribution in [1.82, 2.24) is 0 Å². The van der Waals surface area contributed by atoms with Crippen molar-refractivity contribution in [3.63, 3.8) is 0 Å². The Morgan fingerprint density at radius 2 is 2.07 bits per heavy atom. The van der Waals surface area contributed by atoms with Crippen LogP contribution in [0.3, 0.4) is 0 Å². The first kappa shape index (κ1) is 10.7. The monoisotopic (exact) mass is 205 g/mol. The van der Waals surface area contributed by atoms with Gasteiger partial charge in [0.15, 0.2) is 0 Å². The van der Waals surface area contributed by atoms with Gasteiger partial charge in [-0.2, -0.15) is 0 Å². The summed E-state index contributed by atoms with van der Waals surface area (Å²) in [4.78, 5) is 0. The standard InChI is InChI=1S/C13H19NO/c1-9(13(14)8-15)11-6-5-10-3-2-4-12(10)7-11/h5-7,9,13,15H,2-4,8,14H2,1H3. The van der Waals surface area contributed by atoms with Crippen molar-refractivity contribution in [3.8, 4) is 0 Å². The number of hydrogen-bond acceptors (Lipinski definition) is 2. The largest absolute Gasteiger partial charge is 0.395 e. The Balaban J connectivity index is 2.22. The summed E-state index contributed by atoms with van der Waals surface area (Å²) in [5, 5.41) is 9.03. The maximum Gasteiger partial charge on any atom is 0.0588 e. The molecule has 2 unspecified atom stereocenters. The van der Waals surface area contributed by atoms with Gasteiger partial charge < -0.3 is 10.8 Å². The second-order valence-electron chi connectivity index (χ2n) is 4.52. The number of rotatable bonds is 3. The minimum Gasteiger partial charge on any atom is -0.395 e. The number of benzene rings is 1. The highest BCUT2D eigenvalue weighted by molar-refractivity contribution is 5.37. The molecule has 1 aromatic carbocycles. The van der Waals surface area contributed by atoms with E-state index in [0.29, 0.717) is 0 Å². The topological polar surface area (TPSA) is 46.2 Å². The van der Waals surface area contributed by atoms with Crippen LogP contribution in [0.1, 0.15) is 36.0 Å². The maximum absolute atomic E-state index is 9.03. The molecular formula is C13H19NO. The van der Waals surface area contributed by atoms with E-state index in [1.165, 1.54) is 36.0 Å². The molecule has 0 bridgehead atoms. The number of aliphatic hydroxyl groups excluding tert-OH is 1. The molecule has 0 saturated heterocycles. The molecule has 0 spiro atoms. The molecule has 0 heterocycles. The normalized spacial score (nSPS) is 18.6. The van der Waals surface area contributed by atoms with E-state index in [0.717, 1.165) is 0 Å². The first-order valence-corrected chi connectivity index (χ1v) is 5.70. The molecule has 2 heteroatoms. The predicted molar refractivity (Wildman–Crippen MR) is 61.9 cm³/mol. The van der Waals surface area contributed by atoms with Crippen LogP contribution in [-0.2, 0) is 12.8 Å². The molecule has 1 aliphatic carbocycles. The quantitative estimate of drug-likeness (QED) is 0.787. The molecule has 0 aromatic heterocycles. The first-order valence-electron chi connectivity index (χ1n) is 5.70. The Morgan fingerprint density at radius 1 is 1.33 bits per heavy atom. The molecule has 0 amide bonds. The van der Waals surface area contributed by atoms with E-state index in [9.17, 15) is 0 Å². The minimum atomic E-state index is -0.149. The smallest absolute Gasteiger partial charge is 0.0588 e. The summed E-state index contributed by atoms with van der Waals surface area (Å²) < 4.78 is 0. The van der Waals surface area contributed by atoms with Crippen molar-refractivity contribution in [2.45, 2.75) is 38.1 Å². The average molecular weight is 205 g/mol. The summed E-state index contributed by atoms with van der Waals surface area (Å²) in [7, 11) is 0. The molecule has 2 nitrogen and oxygen atoms in total. The molecule has 82 valence electrons. The molecule has 1 aliphatic rings. The lowest BCUT2D eigenvalue weighted by atomic mass is 9.92. The average Bonchev–Trinajstić information content (AvgIpc) is 2.73. The molecule has 2 rings (SSSR count). The summed E-state index contributed by atoms with van der Waals surface area (Å²) in [6.45, 7) is 2.13. The van der Waals surface area contributed by atoms with Crippen molar-refractivity contribution >= 4 is 0 Å². The van der Waals surface area contributed by atoms with Gasteiger partial charge in [0.05, 0.1) is 6.61 Å². The van der Waals surface area contributed by atoms with E-state index >= 15 is 0 Å². The molecule has 0 radical (unpaired) electrons. The van der Waals surface area contributed by atoms with E-state index < -0.39 is 0 Å². The second-order valence-corrected chi connectivity index (χ2v) is 4.52. The number of aryl methyl sites for hydroxylation is 2. The van der Waals surface area contributed by atoms with Gasteiger partial charge in [-0.05, 0) is 41.9 Å². The lowest BCUT2D eigenvalue weighted by Gasteiger charge is -2.18. The zero-order valence-corrected chi connectivity index (χ0v) is 9.24. The zero-order valence-electron chi connectivity index (χ0n) is 9.24. The van der Waals surface area contributed by atoms with E-state index in [1.54, 1.807) is 0 Å². The van der Waals surface area contributed by atoms with Crippen LogP contribution in [0.5, 0.6) is 0 Å². The first-order chi connectivity index (χ1) is 7.22. The van der Waals surface area contributed by atoms with Gasteiger partial charge in [0.2, 0.25) is 0 Å². The van der Waals surface area contributed by atoms with E-state index in [4.69, 9.17) is 10.8 Å². The van der Waals surface area contributed by atoms with Gasteiger partial charge in [-0.1, -0.05) is 25.1 Å². The molecule has 2 atom stereocenters. The van der Waals surface area contributed by atoms with Crippen LogP contribution in [-0.4, -0.2) is 17.8 Å². The van der Waals surface area contributed by atoms with Crippen molar-refractivity contribution in [1.29, 1.82) is 0 Å². The Labute approximate surface area is 91.1 Å². The molecular weight excluding hydrogens is 186 g/mol. The zero-order chi connectivity index (χ0) is 10.8. The predicted octanol–water partition coefficient (Wildman–Crippen LogP) is 1.60. The summed E-state index contributed by atoms with van der Waals surface area (Å²) in [5.74, 6) is 0.237. The van der Waals surface area contributed by atoms with Crippen LogP contribution in [0, 0.1) is 0 Å². The highest BCUT2D eigenvalue weighted by Gasteiger charge is 2.17. The van der Waals surface area contributed by atoms with Crippen molar-refractivity contribution in [2.75, 3.05) is 6.61 Å². The summed E-state index contributed by atoms with van der Waals surface area (Å²) >= 11 is 0. The molecule has 0 aliphatic heterocycles. The van der Waals surface area contributed by atoms with Gasteiger partial charge >= 0.3 is 0 Å². The van der Waals surface area contributed by atoms with E-state index in [2.05, 4.69) is 25.1 Å². The van der Waals surface area contributed by atoms with E-state index in [1.807, 2.05) is 0 Å². The van der Waals surface area contributed by atoms with Crippen LogP contribution >= 0.6 is 0 Å². The highest BCUT2D eigenvalue weighted by Crippen LogP contribution is 2.26. The Morgan fingerprint density at radius 3 is 2.80 bits per heavy atom. The fourth-order valence-corrected chi connectivity index (χ4v) is 2.28. The summed E-state index contributed by atoms with van der Waals surface area (Å²) in [6, 6.07) is 6.50. The third-order valence-electron chi connectivity index (χ3n) is 3.50. The van der Waals surface area contributed by atoms with Crippen LogP contribution in [0.4, 0.5) is 0 Å². The lowest BCUT2D eigenvalue weighted by Crippen LogP contribution is -2.30. The molecule has 1 aromatic rings. The van der Waals surface area contributed by atoms with Crippen LogP contribution < -0.4 is 5.73 Å². The third kappa shape index (κ3) is 2.06. The Bertz CT molecular complexity index is 348. The Kier molecular flexibility index (Phi) is 3.08. The second kappa shape index (κ2) is 4.33. The summed E-state index contributed by atoms with van der Waals surface area (Å²) in [5.41, 5.74) is 10.1. The van der Waals surface area contributed by atoms with Crippen LogP contribution in [0.25, 0.3) is 0 Å². The fraction of sp³-hybridized carbons (Fsp3) is 0.538. The minimum absolute atomic E-state index is 0.0538.